The Labute approximate surface area is 132 Å². The zero-order valence-electron chi connectivity index (χ0n) is 13.4. The fraction of sp³-hybridized carbons (Fsp3) is 0.562. The number of amides is 2. The summed E-state index contributed by atoms with van der Waals surface area (Å²) in [5.41, 5.74) is 2.38. The Kier molecular flexibility index (Phi) is 5.11. The second kappa shape index (κ2) is 6.69. The average Bonchev–Trinajstić information content (AvgIpc) is 2.83. The van der Waals surface area contributed by atoms with E-state index in [4.69, 9.17) is 0 Å². The SMILES string of the molecule is Cc1cccc(C(C)CNC(=O)N(C)C2CCS(=O)(=O)C2)c1. The number of hydrogen-bond donors (Lipinski definition) is 1. The molecule has 22 heavy (non-hydrogen) atoms. The molecule has 0 radical (unpaired) electrons. The molecule has 1 aromatic rings. The van der Waals surface area contributed by atoms with Crippen LogP contribution in [-0.2, 0) is 9.84 Å². The van der Waals surface area contributed by atoms with Gasteiger partial charge < -0.3 is 10.2 Å². The van der Waals surface area contributed by atoms with Gasteiger partial charge in [-0.2, -0.15) is 0 Å². The average molecular weight is 324 g/mol. The topological polar surface area (TPSA) is 66.5 Å². The number of urea groups is 1. The molecule has 0 aromatic heterocycles. The van der Waals surface area contributed by atoms with Gasteiger partial charge in [0.2, 0.25) is 0 Å². The second-order valence-corrected chi connectivity index (χ2v) is 8.40. The zero-order chi connectivity index (χ0) is 16.3. The van der Waals surface area contributed by atoms with Crippen LogP contribution in [0.5, 0.6) is 0 Å². The van der Waals surface area contributed by atoms with Crippen LogP contribution in [0.4, 0.5) is 4.79 Å². The van der Waals surface area contributed by atoms with Crippen molar-refractivity contribution in [2.45, 2.75) is 32.2 Å². The monoisotopic (exact) mass is 324 g/mol. The lowest BCUT2D eigenvalue weighted by atomic mass is 9.99. The number of carbonyl (C=O) groups is 1. The number of sulfone groups is 1. The fourth-order valence-corrected chi connectivity index (χ4v) is 4.48. The van der Waals surface area contributed by atoms with Crippen molar-refractivity contribution in [1.29, 1.82) is 0 Å². The Balaban J connectivity index is 1.87. The smallest absolute Gasteiger partial charge is 0.317 e. The number of benzene rings is 1. The van der Waals surface area contributed by atoms with Crippen LogP contribution < -0.4 is 5.32 Å². The minimum Gasteiger partial charge on any atom is -0.337 e. The summed E-state index contributed by atoms with van der Waals surface area (Å²) in [5.74, 6) is 0.462. The van der Waals surface area contributed by atoms with Crippen molar-refractivity contribution < 1.29 is 13.2 Å². The van der Waals surface area contributed by atoms with E-state index in [0.717, 1.165) is 0 Å². The number of nitrogens with zero attached hydrogens (tertiary/aromatic N) is 1. The van der Waals surface area contributed by atoms with Gasteiger partial charge in [0.05, 0.1) is 11.5 Å². The first-order valence-electron chi connectivity index (χ1n) is 7.56. The van der Waals surface area contributed by atoms with E-state index in [-0.39, 0.29) is 29.5 Å². The summed E-state index contributed by atoms with van der Waals surface area (Å²) in [6.07, 6.45) is 0.527. The second-order valence-electron chi connectivity index (χ2n) is 6.17. The van der Waals surface area contributed by atoms with Gasteiger partial charge in [0.1, 0.15) is 0 Å². The van der Waals surface area contributed by atoms with Gasteiger partial charge >= 0.3 is 6.03 Å². The maximum Gasteiger partial charge on any atom is 0.317 e. The Morgan fingerprint density at radius 3 is 2.77 bits per heavy atom. The Bertz CT molecular complexity index is 643. The largest absolute Gasteiger partial charge is 0.337 e. The first kappa shape index (κ1) is 16.8. The minimum absolute atomic E-state index is 0.0738. The molecule has 2 amide bonds. The van der Waals surface area contributed by atoms with E-state index in [2.05, 4.69) is 24.4 Å². The predicted octanol–water partition coefficient (Wildman–Crippen LogP) is 1.93. The number of hydrogen-bond acceptors (Lipinski definition) is 3. The Morgan fingerprint density at radius 1 is 1.45 bits per heavy atom. The number of rotatable bonds is 4. The van der Waals surface area contributed by atoms with Gasteiger partial charge in [0.25, 0.3) is 0 Å². The van der Waals surface area contributed by atoms with Crippen LogP contribution in [0.1, 0.15) is 30.4 Å². The van der Waals surface area contributed by atoms with Gasteiger partial charge in [-0.25, -0.2) is 13.2 Å². The molecule has 0 spiro atoms. The van der Waals surface area contributed by atoms with Crippen molar-refractivity contribution in [1.82, 2.24) is 10.2 Å². The fourth-order valence-electron chi connectivity index (χ4n) is 2.71. The van der Waals surface area contributed by atoms with E-state index >= 15 is 0 Å². The summed E-state index contributed by atoms with van der Waals surface area (Å²) < 4.78 is 23.0. The molecule has 2 atom stereocenters. The normalized spacial score (nSPS) is 21.3. The third-order valence-electron chi connectivity index (χ3n) is 4.25. The van der Waals surface area contributed by atoms with E-state index < -0.39 is 9.84 Å². The van der Waals surface area contributed by atoms with Crippen LogP contribution in [0, 0.1) is 6.92 Å². The summed E-state index contributed by atoms with van der Waals surface area (Å²) in [4.78, 5) is 13.7. The van der Waals surface area contributed by atoms with Crippen molar-refractivity contribution >= 4 is 15.9 Å². The molecule has 1 aliphatic rings. The van der Waals surface area contributed by atoms with E-state index in [9.17, 15) is 13.2 Å². The van der Waals surface area contributed by atoms with Crippen molar-refractivity contribution in [2.75, 3.05) is 25.1 Å². The molecular formula is C16H24N2O3S. The highest BCUT2D eigenvalue weighted by Crippen LogP contribution is 2.18. The van der Waals surface area contributed by atoms with E-state index in [0.29, 0.717) is 13.0 Å². The standard InChI is InChI=1S/C16H24N2O3S/c1-12-5-4-6-14(9-12)13(2)10-17-16(19)18(3)15-7-8-22(20,21)11-15/h4-6,9,13,15H,7-8,10-11H2,1-3H3,(H,17,19). The molecule has 6 heteroatoms. The number of nitrogens with one attached hydrogen (secondary N) is 1. The van der Waals surface area contributed by atoms with E-state index in [1.807, 2.05) is 19.1 Å². The van der Waals surface area contributed by atoms with Crippen LogP contribution in [0.25, 0.3) is 0 Å². The lowest BCUT2D eigenvalue weighted by Gasteiger charge is -2.24. The molecule has 2 unspecified atom stereocenters. The summed E-state index contributed by atoms with van der Waals surface area (Å²) in [6.45, 7) is 4.64. The molecule has 1 fully saturated rings. The molecule has 0 aliphatic carbocycles. The number of carbonyl (C=O) groups excluding carboxylic acids is 1. The first-order valence-corrected chi connectivity index (χ1v) is 9.38. The number of aryl methyl sites for hydroxylation is 1. The predicted molar refractivity (Wildman–Crippen MR) is 87.8 cm³/mol. The third-order valence-corrected chi connectivity index (χ3v) is 6.00. The molecule has 1 aliphatic heterocycles. The lowest BCUT2D eigenvalue weighted by Crippen LogP contribution is -2.45. The van der Waals surface area contributed by atoms with Crippen molar-refractivity contribution in [2.24, 2.45) is 0 Å². The highest BCUT2D eigenvalue weighted by molar-refractivity contribution is 7.91. The lowest BCUT2D eigenvalue weighted by molar-refractivity contribution is 0.194. The molecular weight excluding hydrogens is 300 g/mol. The Hall–Kier alpha value is -1.56. The third kappa shape index (κ3) is 4.22. The highest BCUT2D eigenvalue weighted by Gasteiger charge is 2.32. The van der Waals surface area contributed by atoms with Gasteiger partial charge in [-0.1, -0.05) is 36.8 Å². The van der Waals surface area contributed by atoms with Crippen LogP contribution in [0.2, 0.25) is 0 Å². The summed E-state index contributed by atoms with van der Waals surface area (Å²) in [7, 11) is -1.31. The van der Waals surface area contributed by atoms with Gasteiger partial charge in [-0.3, -0.25) is 0 Å². The van der Waals surface area contributed by atoms with E-state index in [1.54, 1.807) is 7.05 Å². The first-order chi connectivity index (χ1) is 10.3. The van der Waals surface area contributed by atoms with Crippen molar-refractivity contribution in [3.8, 4) is 0 Å². The van der Waals surface area contributed by atoms with Crippen LogP contribution in [0.15, 0.2) is 24.3 Å². The Morgan fingerprint density at radius 2 is 2.18 bits per heavy atom. The zero-order valence-corrected chi connectivity index (χ0v) is 14.2. The van der Waals surface area contributed by atoms with Gasteiger partial charge in [-0.15, -0.1) is 0 Å². The molecule has 0 saturated carbocycles. The minimum atomic E-state index is -2.97. The van der Waals surface area contributed by atoms with E-state index in [1.165, 1.54) is 16.0 Å². The van der Waals surface area contributed by atoms with Gasteiger partial charge in [-0.05, 0) is 24.8 Å². The van der Waals surface area contributed by atoms with Gasteiger partial charge in [0.15, 0.2) is 9.84 Å². The molecule has 1 saturated heterocycles. The molecule has 1 N–H and O–H groups in total. The van der Waals surface area contributed by atoms with Crippen LogP contribution in [-0.4, -0.2) is 50.5 Å². The molecule has 1 aromatic carbocycles. The van der Waals surface area contributed by atoms with Gasteiger partial charge in [0, 0.05) is 19.6 Å². The molecule has 2 rings (SSSR count). The highest BCUT2D eigenvalue weighted by atomic mass is 32.2. The summed E-state index contributed by atoms with van der Waals surface area (Å²) in [5, 5.41) is 2.90. The maximum absolute atomic E-state index is 12.2. The summed E-state index contributed by atoms with van der Waals surface area (Å²) in [6, 6.07) is 7.81. The molecule has 122 valence electrons. The molecule has 0 bridgehead atoms. The summed E-state index contributed by atoms with van der Waals surface area (Å²) >= 11 is 0. The van der Waals surface area contributed by atoms with Crippen molar-refractivity contribution in [3.05, 3.63) is 35.4 Å². The maximum atomic E-state index is 12.2. The molecule has 1 heterocycles. The van der Waals surface area contributed by atoms with Crippen LogP contribution in [0.3, 0.4) is 0 Å². The van der Waals surface area contributed by atoms with Crippen LogP contribution >= 0.6 is 0 Å². The molecule has 5 nitrogen and oxygen atoms in total. The van der Waals surface area contributed by atoms with Crippen molar-refractivity contribution in [3.63, 3.8) is 0 Å². The quantitative estimate of drug-likeness (QED) is 0.920.